The summed E-state index contributed by atoms with van der Waals surface area (Å²) in [5.41, 5.74) is 2.18. The fraction of sp³-hybridized carbons (Fsp3) is 0.538. The topological polar surface area (TPSA) is 49.6 Å². The van der Waals surface area contributed by atoms with E-state index in [1.54, 1.807) is 12.1 Å². The van der Waals surface area contributed by atoms with Crippen molar-refractivity contribution < 1.29 is 4.92 Å². The van der Waals surface area contributed by atoms with E-state index in [0.29, 0.717) is 0 Å². The van der Waals surface area contributed by atoms with Gasteiger partial charge in [0.15, 0.2) is 0 Å². The predicted octanol–water partition coefficient (Wildman–Crippen LogP) is 1.65. The molecule has 5 heteroatoms. The molecule has 2 rings (SSSR count). The lowest BCUT2D eigenvalue weighted by atomic mass is 10.1. The molecule has 1 aliphatic rings. The number of nitro benzene ring substituents is 1. The molecule has 0 aromatic heterocycles. The van der Waals surface area contributed by atoms with Gasteiger partial charge in [-0.25, -0.2) is 0 Å². The highest BCUT2D eigenvalue weighted by atomic mass is 16.6. The van der Waals surface area contributed by atoms with Crippen molar-refractivity contribution in [2.75, 3.05) is 33.2 Å². The number of piperazine rings is 1. The quantitative estimate of drug-likeness (QED) is 0.603. The summed E-state index contributed by atoms with van der Waals surface area (Å²) < 4.78 is 0. The normalized spacial score (nSPS) is 17.9. The molecule has 0 aliphatic carbocycles. The molecule has 0 unspecified atom stereocenters. The lowest BCUT2D eigenvalue weighted by molar-refractivity contribution is -0.385. The van der Waals surface area contributed by atoms with Crippen molar-refractivity contribution in [3.05, 3.63) is 39.4 Å². The maximum atomic E-state index is 10.8. The summed E-state index contributed by atoms with van der Waals surface area (Å²) in [5.74, 6) is 0. The Balaban J connectivity index is 2.07. The molecule has 5 nitrogen and oxygen atoms in total. The predicted molar refractivity (Wildman–Crippen MR) is 70.6 cm³/mol. The van der Waals surface area contributed by atoms with Crippen LogP contribution in [0.15, 0.2) is 18.2 Å². The summed E-state index contributed by atoms with van der Waals surface area (Å²) >= 11 is 0. The second-order valence-electron chi connectivity index (χ2n) is 5.01. The van der Waals surface area contributed by atoms with Crippen molar-refractivity contribution in [3.8, 4) is 0 Å². The zero-order chi connectivity index (χ0) is 13.1. The van der Waals surface area contributed by atoms with Crippen molar-refractivity contribution >= 4 is 5.69 Å². The van der Waals surface area contributed by atoms with E-state index in [9.17, 15) is 10.1 Å². The number of rotatable bonds is 3. The van der Waals surface area contributed by atoms with Gasteiger partial charge in [-0.05, 0) is 25.1 Å². The number of hydrogen-bond donors (Lipinski definition) is 0. The van der Waals surface area contributed by atoms with E-state index in [1.165, 1.54) is 0 Å². The Labute approximate surface area is 107 Å². The molecule has 0 bridgehead atoms. The molecule has 1 aliphatic heterocycles. The first kappa shape index (κ1) is 13.0. The third-order valence-corrected chi connectivity index (χ3v) is 3.33. The van der Waals surface area contributed by atoms with Crippen LogP contribution in [-0.2, 0) is 6.54 Å². The number of benzene rings is 1. The van der Waals surface area contributed by atoms with E-state index >= 15 is 0 Å². The zero-order valence-electron chi connectivity index (χ0n) is 10.9. The van der Waals surface area contributed by atoms with Crippen LogP contribution in [0.3, 0.4) is 0 Å². The Morgan fingerprint density at radius 3 is 2.50 bits per heavy atom. The van der Waals surface area contributed by atoms with Gasteiger partial charge in [-0.15, -0.1) is 0 Å². The number of nitrogens with zero attached hydrogens (tertiary/aromatic N) is 3. The van der Waals surface area contributed by atoms with E-state index in [4.69, 9.17) is 0 Å². The first-order valence-corrected chi connectivity index (χ1v) is 6.20. The van der Waals surface area contributed by atoms with Crippen LogP contribution in [0.2, 0.25) is 0 Å². The largest absolute Gasteiger partial charge is 0.304 e. The number of aryl methyl sites for hydroxylation is 1. The minimum Gasteiger partial charge on any atom is -0.304 e. The standard InChI is InChI=1S/C13H19N3O2/c1-11-7-12(9-13(8-11)16(17)18)10-15-5-3-14(2)4-6-15/h7-9H,3-6,10H2,1-2H3. The SMILES string of the molecule is Cc1cc(CN2CCN(C)CC2)cc([N+](=O)[O-])c1. The van der Waals surface area contributed by atoms with Gasteiger partial charge in [0.2, 0.25) is 0 Å². The Morgan fingerprint density at radius 1 is 1.22 bits per heavy atom. The average Bonchev–Trinajstić information content (AvgIpc) is 2.31. The van der Waals surface area contributed by atoms with Crippen LogP contribution in [-0.4, -0.2) is 47.9 Å². The van der Waals surface area contributed by atoms with Gasteiger partial charge >= 0.3 is 0 Å². The van der Waals surface area contributed by atoms with Gasteiger partial charge in [0.25, 0.3) is 5.69 Å². The number of likely N-dealkylation sites (N-methyl/N-ethyl adjacent to an activating group) is 1. The van der Waals surface area contributed by atoms with Gasteiger partial charge in [0.05, 0.1) is 4.92 Å². The highest BCUT2D eigenvalue weighted by Gasteiger charge is 2.15. The molecular formula is C13H19N3O2. The second-order valence-corrected chi connectivity index (χ2v) is 5.01. The Hall–Kier alpha value is -1.46. The van der Waals surface area contributed by atoms with Gasteiger partial charge in [-0.2, -0.15) is 0 Å². The molecule has 0 spiro atoms. The molecule has 0 radical (unpaired) electrons. The van der Waals surface area contributed by atoms with Crippen LogP contribution >= 0.6 is 0 Å². The smallest absolute Gasteiger partial charge is 0.270 e. The number of nitro groups is 1. The summed E-state index contributed by atoms with van der Waals surface area (Å²) in [5, 5.41) is 10.8. The first-order valence-electron chi connectivity index (χ1n) is 6.20. The van der Waals surface area contributed by atoms with E-state index in [0.717, 1.165) is 43.9 Å². The zero-order valence-corrected chi connectivity index (χ0v) is 10.9. The fourth-order valence-corrected chi connectivity index (χ4v) is 2.30. The van der Waals surface area contributed by atoms with Crippen LogP contribution in [0.25, 0.3) is 0 Å². The molecule has 1 aromatic carbocycles. The fourth-order valence-electron chi connectivity index (χ4n) is 2.30. The van der Waals surface area contributed by atoms with Crippen molar-refractivity contribution in [1.82, 2.24) is 9.80 Å². The molecule has 1 fully saturated rings. The molecule has 1 heterocycles. The molecule has 18 heavy (non-hydrogen) atoms. The van der Waals surface area contributed by atoms with Crippen LogP contribution in [0, 0.1) is 17.0 Å². The van der Waals surface area contributed by atoms with Crippen LogP contribution in [0.4, 0.5) is 5.69 Å². The molecule has 0 N–H and O–H groups in total. The highest BCUT2D eigenvalue weighted by molar-refractivity contribution is 5.38. The molecule has 0 amide bonds. The van der Waals surface area contributed by atoms with E-state index in [2.05, 4.69) is 16.8 Å². The number of hydrogen-bond acceptors (Lipinski definition) is 4. The van der Waals surface area contributed by atoms with Crippen molar-refractivity contribution in [2.45, 2.75) is 13.5 Å². The summed E-state index contributed by atoms with van der Waals surface area (Å²) in [6, 6.07) is 5.34. The molecule has 0 saturated carbocycles. The van der Waals surface area contributed by atoms with Crippen molar-refractivity contribution in [3.63, 3.8) is 0 Å². The van der Waals surface area contributed by atoms with Crippen LogP contribution in [0.1, 0.15) is 11.1 Å². The summed E-state index contributed by atoms with van der Waals surface area (Å²) in [4.78, 5) is 15.2. The van der Waals surface area contributed by atoms with E-state index < -0.39 is 0 Å². The van der Waals surface area contributed by atoms with Crippen LogP contribution < -0.4 is 0 Å². The third-order valence-electron chi connectivity index (χ3n) is 3.33. The maximum absolute atomic E-state index is 10.8. The third kappa shape index (κ3) is 3.27. The first-order chi connectivity index (χ1) is 8.54. The van der Waals surface area contributed by atoms with E-state index in [-0.39, 0.29) is 10.6 Å². The van der Waals surface area contributed by atoms with E-state index in [1.807, 2.05) is 13.0 Å². The molecule has 1 aromatic rings. The summed E-state index contributed by atoms with van der Waals surface area (Å²) in [6.07, 6.45) is 0. The number of non-ortho nitro benzene ring substituents is 1. The van der Waals surface area contributed by atoms with Gasteiger partial charge in [-0.1, -0.05) is 6.07 Å². The summed E-state index contributed by atoms with van der Waals surface area (Å²) in [7, 11) is 2.12. The molecule has 98 valence electrons. The molecule has 0 atom stereocenters. The van der Waals surface area contributed by atoms with Gasteiger partial charge in [0, 0.05) is 44.9 Å². The highest BCUT2D eigenvalue weighted by Crippen LogP contribution is 2.18. The van der Waals surface area contributed by atoms with Crippen molar-refractivity contribution in [1.29, 1.82) is 0 Å². The summed E-state index contributed by atoms with van der Waals surface area (Å²) in [6.45, 7) is 6.88. The lowest BCUT2D eigenvalue weighted by Crippen LogP contribution is -2.43. The monoisotopic (exact) mass is 249 g/mol. The van der Waals surface area contributed by atoms with Gasteiger partial charge in [0.1, 0.15) is 0 Å². The average molecular weight is 249 g/mol. The van der Waals surface area contributed by atoms with Gasteiger partial charge < -0.3 is 4.90 Å². The minimum absolute atomic E-state index is 0.194. The Bertz CT molecular complexity index is 440. The van der Waals surface area contributed by atoms with Crippen molar-refractivity contribution in [2.24, 2.45) is 0 Å². The Kier molecular flexibility index (Phi) is 3.93. The molecular weight excluding hydrogens is 230 g/mol. The minimum atomic E-state index is -0.319. The second kappa shape index (κ2) is 5.46. The Morgan fingerprint density at radius 2 is 1.89 bits per heavy atom. The van der Waals surface area contributed by atoms with Gasteiger partial charge in [-0.3, -0.25) is 15.0 Å². The molecule has 1 saturated heterocycles. The van der Waals surface area contributed by atoms with Crippen LogP contribution in [0.5, 0.6) is 0 Å². The lowest BCUT2D eigenvalue weighted by Gasteiger charge is -2.32. The maximum Gasteiger partial charge on any atom is 0.270 e.